The molecule has 6 nitrogen and oxygen atoms in total. The van der Waals surface area contributed by atoms with E-state index in [9.17, 15) is 21.6 Å². The summed E-state index contributed by atoms with van der Waals surface area (Å²) in [6.45, 7) is 0.487. The minimum Gasteiger partial charge on any atom is -0.314 e. The Bertz CT molecular complexity index is 692. The van der Waals surface area contributed by atoms with E-state index in [0.29, 0.717) is 13.1 Å². The Balaban J connectivity index is 2.10. The molecule has 1 aliphatic heterocycles. The summed E-state index contributed by atoms with van der Waals surface area (Å²) in [6, 6.07) is 4.93. The lowest BCUT2D eigenvalue weighted by atomic mass is 10.2. The largest absolute Gasteiger partial charge is 0.405 e. The van der Waals surface area contributed by atoms with Gasteiger partial charge >= 0.3 is 6.18 Å². The minimum atomic E-state index is -4.54. The number of nitrogens with one attached hydrogen (secondary N) is 2. The van der Waals surface area contributed by atoms with Crippen LogP contribution in [0.15, 0.2) is 29.2 Å². The average Bonchev–Trinajstić information content (AvgIpc) is 2.54. The van der Waals surface area contributed by atoms with Gasteiger partial charge in [-0.05, 0) is 24.3 Å². The Morgan fingerprint density at radius 1 is 1.25 bits per heavy atom. The van der Waals surface area contributed by atoms with E-state index in [-0.39, 0.29) is 23.5 Å². The fraction of sp³-hybridized carbons (Fsp3) is 0.500. The van der Waals surface area contributed by atoms with Crippen molar-refractivity contribution in [2.45, 2.75) is 17.1 Å². The lowest BCUT2D eigenvalue weighted by Gasteiger charge is -2.35. The Morgan fingerprint density at radius 2 is 1.83 bits per heavy atom. The number of nitriles is 1. The zero-order valence-corrected chi connectivity index (χ0v) is 13.5. The van der Waals surface area contributed by atoms with Gasteiger partial charge in [0.05, 0.1) is 16.5 Å². The first-order valence-corrected chi connectivity index (χ1v) is 8.73. The molecule has 1 atom stereocenters. The van der Waals surface area contributed by atoms with Crippen LogP contribution in [0.2, 0.25) is 0 Å². The normalized spacial score (nSPS) is 18.1. The maximum absolute atomic E-state index is 13.2. The number of hydrogen-bond donors (Lipinski definition) is 2. The number of nitrogens with zero attached hydrogens (tertiary/aromatic N) is 2. The number of rotatable bonds is 5. The van der Waals surface area contributed by atoms with E-state index in [2.05, 4.69) is 5.32 Å². The lowest BCUT2D eigenvalue weighted by molar-refractivity contribution is -0.182. The Labute approximate surface area is 138 Å². The molecular weight excluding hydrogens is 345 g/mol. The van der Waals surface area contributed by atoms with E-state index in [1.807, 2.05) is 10.8 Å². The van der Waals surface area contributed by atoms with Gasteiger partial charge in [0.25, 0.3) is 0 Å². The van der Waals surface area contributed by atoms with Crippen molar-refractivity contribution in [3.8, 4) is 6.07 Å². The zero-order valence-electron chi connectivity index (χ0n) is 12.7. The van der Waals surface area contributed by atoms with Gasteiger partial charge in [0.15, 0.2) is 0 Å². The van der Waals surface area contributed by atoms with Crippen LogP contribution < -0.4 is 10.0 Å². The van der Waals surface area contributed by atoms with E-state index in [0.717, 1.165) is 0 Å². The van der Waals surface area contributed by atoms with Crippen molar-refractivity contribution in [2.75, 3.05) is 32.7 Å². The van der Waals surface area contributed by atoms with Crippen molar-refractivity contribution in [3.63, 3.8) is 0 Å². The number of alkyl halides is 3. The molecule has 132 valence electrons. The summed E-state index contributed by atoms with van der Waals surface area (Å²) in [6.07, 6.45) is -4.54. The van der Waals surface area contributed by atoms with Crippen molar-refractivity contribution >= 4 is 10.0 Å². The molecule has 1 unspecified atom stereocenters. The quantitative estimate of drug-likeness (QED) is 0.804. The van der Waals surface area contributed by atoms with Gasteiger partial charge in [-0.1, -0.05) is 0 Å². The van der Waals surface area contributed by atoms with Gasteiger partial charge in [-0.2, -0.15) is 18.4 Å². The summed E-state index contributed by atoms with van der Waals surface area (Å²) in [5.74, 6) is 0. The van der Waals surface area contributed by atoms with Gasteiger partial charge in [-0.3, -0.25) is 4.90 Å². The second-order valence-corrected chi connectivity index (χ2v) is 7.10. The van der Waals surface area contributed by atoms with Crippen LogP contribution in [0.25, 0.3) is 0 Å². The third-order valence-corrected chi connectivity index (χ3v) is 5.17. The van der Waals surface area contributed by atoms with Gasteiger partial charge in [-0.15, -0.1) is 0 Å². The van der Waals surface area contributed by atoms with Gasteiger partial charge < -0.3 is 5.32 Å². The molecule has 2 rings (SSSR count). The number of sulfonamides is 1. The third kappa shape index (κ3) is 4.67. The van der Waals surface area contributed by atoms with Crippen LogP contribution >= 0.6 is 0 Å². The Morgan fingerprint density at radius 3 is 2.33 bits per heavy atom. The fourth-order valence-corrected chi connectivity index (χ4v) is 3.46. The predicted octanol–water partition coefficient (Wildman–Crippen LogP) is 0.673. The van der Waals surface area contributed by atoms with E-state index >= 15 is 0 Å². The first-order chi connectivity index (χ1) is 11.2. The maximum Gasteiger partial charge on any atom is 0.405 e. The number of benzene rings is 1. The Hall–Kier alpha value is -1.67. The SMILES string of the molecule is N#Cc1ccc(S(=O)(=O)NCC(N2CCNCC2)C(F)(F)F)cc1. The van der Waals surface area contributed by atoms with Crippen molar-refractivity contribution in [1.29, 1.82) is 5.26 Å². The van der Waals surface area contributed by atoms with Crippen LogP contribution in [0, 0.1) is 11.3 Å². The second-order valence-electron chi connectivity index (χ2n) is 5.33. The molecule has 1 saturated heterocycles. The highest BCUT2D eigenvalue weighted by atomic mass is 32.2. The van der Waals surface area contributed by atoms with Crippen molar-refractivity contribution in [3.05, 3.63) is 29.8 Å². The molecule has 0 amide bonds. The van der Waals surface area contributed by atoms with Gasteiger partial charge in [-0.25, -0.2) is 13.1 Å². The molecule has 0 bridgehead atoms. The van der Waals surface area contributed by atoms with Crippen LogP contribution in [-0.2, 0) is 10.0 Å². The molecule has 1 aromatic rings. The van der Waals surface area contributed by atoms with Crippen LogP contribution in [0.4, 0.5) is 13.2 Å². The molecule has 0 saturated carbocycles. The van der Waals surface area contributed by atoms with E-state index in [1.54, 1.807) is 0 Å². The molecular formula is C14H17F3N4O2S. The molecule has 1 aromatic carbocycles. The monoisotopic (exact) mass is 362 g/mol. The highest BCUT2D eigenvalue weighted by Gasteiger charge is 2.44. The summed E-state index contributed by atoms with van der Waals surface area (Å²) in [4.78, 5) is 1.04. The Kier molecular flexibility index (Phi) is 5.82. The number of hydrogen-bond acceptors (Lipinski definition) is 5. The van der Waals surface area contributed by atoms with E-state index in [4.69, 9.17) is 5.26 Å². The summed E-state index contributed by atoms with van der Waals surface area (Å²) < 4.78 is 66.1. The molecule has 24 heavy (non-hydrogen) atoms. The summed E-state index contributed by atoms with van der Waals surface area (Å²) >= 11 is 0. The molecule has 0 radical (unpaired) electrons. The first kappa shape index (κ1) is 18.7. The highest BCUT2D eigenvalue weighted by Crippen LogP contribution is 2.25. The maximum atomic E-state index is 13.2. The fourth-order valence-electron chi connectivity index (χ4n) is 2.43. The molecule has 1 heterocycles. The van der Waals surface area contributed by atoms with Gasteiger partial charge in [0, 0.05) is 32.7 Å². The topological polar surface area (TPSA) is 85.2 Å². The molecule has 0 spiro atoms. The van der Waals surface area contributed by atoms with Crippen LogP contribution in [0.1, 0.15) is 5.56 Å². The summed E-state index contributed by atoms with van der Waals surface area (Å²) in [5.41, 5.74) is 0.267. The van der Waals surface area contributed by atoms with Gasteiger partial charge in [0.2, 0.25) is 10.0 Å². The number of piperazine rings is 1. The van der Waals surface area contributed by atoms with Crippen LogP contribution in [0.3, 0.4) is 0 Å². The molecule has 0 aliphatic carbocycles. The third-order valence-electron chi connectivity index (χ3n) is 3.73. The molecule has 10 heteroatoms. The van der Waals surface area contributed by atoms with Crippen LogP contribution in [0.5, 0.6) is 0 Å². The van der Waals surface area contributed by atoms with Crippen LogP contribution in [-0.4, -0.2) is 58.3 Å². The first-order valence-electron chi connectivity index (χ1n) is 7.25. The van der Waals surface area contributed by atoms with E-state index in [1.165, 1.54) is 29.2 Å². The average molecular weight is 362 g/mol. The predicted molar refractivity (Wildman–Crippen MR) is 80.6 cm³/mol. The highest BCUT2D eigenvalue weighted by molar-refractivity contribution is 7.89. The standard InChI is InChI=1S/C14H17F3N4O2S/c15-14(16,17)13(21-7-5-19-6-8-21)10-20-24(22,23)12-3-1-11(9-18)2-4-12/h1-4,13,19-20H,5-8,10H2. The van der Waals surface area contributed by atoms with Crippen molar-refractivity contribution in [2.24, 2.45) is 0 Å². The number of halogens is 3. The van der Waals surface area contributed by atoms with Crippen molar-refractivity contribution in [1.82, 2.24) is 14.9 Å². The zero-order chi connectivity index (χ0) is 17.8. The molecule has 2 N–H and O–H groups in total. The second kappa shape index (κ2) is 7.48. The molecule has 1 aliphatic rings. The minimum absolute atomic E-state index is 0.178. The van der Waals surface area contributed by atoms with E-state index < -0.39 is 28.8 Å². The molecule has 1 fully saturated rings. The lowest BCUT2D eigenvalue weighted by Crippen LogP contribution is -2.57. The molecule has 0 aromatic heterocycles. The van der Waals surface area contributed by atoms with Crippen molar-refractivity contribution < 1.29 is 21.6 Å². The smallest absolute Gasteiger partial charge is 0.314 e. The van der Waals surface area contributed by atoms with Gasteiger partial charge in [0.1, 0.15) is 6.04 Å². The summed E-state index contributed by atoms with van der Waals surface area (Å²) in [7, 11) is -4.08. The summed E-state index contributed by atoms with van der Waals surface area (Å²) in [5, 5.41) is 11.6.